The van der Waals surface area contributed by atoms with E-state index in [0.29, 0.717) is 5.56 Å². The maximum absolute atomic E-state index is 13.0. The van der Waals surface area contributed by atoms with Crippen LogP contribution in [-0.4, -0.2) is 16.8 Å². The zero-order valence-corrected chi connectivity index (χ0v) is 8.01. The van der Waals surface area contributed by atoms with Crippen LogP contribution < -0.4 is 0 Å². The van der Waals surface area contributed by atoms with Gasteiger partial charge in [0.2, 0.25) is 0 Å². The van der Waals surface area contributed by atoms with E-state index in [1.54, 1.807) is 13.8 Å². The summed E-state index contributed by atoms with van der Waals surface area (Å²) in [7, 11) is 0. The van der Waals surface area contributed by atoms with Crippen molar-refractivity contribution < 1.29 is 19.0 Å². The van der Waals surface area contributed by atoms with Crippen molar-refractivity contribution in [1.82, 2.24) is 0 Å². The Hall–Kier alpha value is -1.16. The fourth-order valence-corrected chi connectivity index (χ4v) is 1.18. The van der Waals surface area contributed by atoms with Gasteiger partial charge in [-0.1, -0.05) is 0 Å². The highest BCUT2D eigenvalue weighted by molar-refractivity contribution is 5.43. The van der Waals surface area contributed by atoms with Crippen LogP contribution >= 0.6 is 0 Å². The SMILES string of the molecule is Cc1cc(O)c(C(F)(F)CO)cc1C. The van der Waals surface area contributed by atoms with E-state index in [2.05, 4.69) is 0 Å². The summed E-state index contributed by atoms with van der Waals surface area (Å²) in [4.78, 5) is 0. The molecule has 0 saturated heterocycles. The first-order chi connectivity index (χ1) is 6.38. The van der Waals surface area contributed by atoms with Gasteiger partial charge in [0.15, 0.2) is 0 Å². The highest BCUT2D eigenvalue weighted by atomic mass is 19.3. The van der Waals surface area contributed by atoms with E-state index in [1.807, 2.05) is 0 Å². The molecule has 1 rings (SSSR count). The van der Waals surface area contributed by atoms with Gasteiger partial charge in [0.25, 0.3) is 5.92 Å². The predicted octanol–water partition coefficient (Wildman–Crippen LogP) is 2.09. The molecule has 1 aromatic rings. The number of alkyl halides is 2. The molecule has 0 saturated carbocycles. The van der Waals surface area contributed by atoms with Crippen molar-refractivity contribution in [3.63, 3.8) is 0 Å². The molecule has 1 aromatic carbocycles. The molecule has 0 spiro atoms. The van der Waals surface area contributed by atoms with Crippen LogP contribution in [-0.2, 0) is 5.92 Å². The average Bonchev–Trinajstić information content (AvgIpc) is 2.11. The smallest absolute Gasteiger partial charge is 0.299 e. The van der Waals surface area contributed by atoms with Crippen LogP contribution in [0.5, 0.6) is 5.75 Å². The molecule has 4 heteroatoms. The third-order valence-corrected chi connectivity index (χ3v) is 2.20. The highest BCUT2D eigenvalue weighted by Gasteiger charge is 2.33. The van der Waals surface area contributed by atoms with Gasteiger partial charge in [-0.2, -0.15) is 8.78 Å². The van der Waals surface area contributed by atoms with Crippen LogP contribution in [0.15, 0.2) is 12.1 Å². The molecule has 0 aliphatic carbocycles. The lowest BCUT2D eigenvalue weighted by Crippen LogP contribution is -2.18. The number of aromatic hydroxyl groups is 1. The number of benzene rings is 1. The topological polar surface area (TPSA) is 40.5 Å². The molecule has 0 bridgehead atoms. The normalized spacial score (nSPS) is 11.8. The van der Waals surface area contributed by atoms with Gasteiger partial charge in [0.05, 0.1) is 5.56 Å². The fourth-order valence-electron chi connectivity index (χ4n) is 1.18. The average molecular weight is 202 g/mol. The number of phenols is 1. The minimum absolute atomic E-state index is 0.479. The van der Waals surface area contributed by atoms with Gasteiger partial charge >= 0.3 is 0 Å². The van der Waals surface area contributed by atoms with Crippen molar-refractivity contribution in [2.24, 2.45) is 0 Å². The Morgan fingerprint density at radius 2 is 1.71 bits per heavy atom. The quantitative estimate of drug-likeness (QED) is 0.770. The third kappa shape index (κ3) is 1.85. The second-order valence-corrected chi connectivity index (χ2v) is 3.32. The number of rotatable bonds is 2. The molecule has 0 amide bonds. The van der Waals surface area contributed by atoms with Gasteiger partial charge in [-0.25, -0.2) is 0 Å². The first kappa shape index (κ1) is 10.9. The summed E-state index contributed by atoms with van der Waals surface area (Å²) in [6.07, 6.45) is 0. The molecule has 0 aliphatic rings. The van der Waals surface area contributed by atoms with Gasteiger partial charge in [0.1, 0.15) is 12.4 Å². The van der Waals surface area contributed by atoms with E-state index >= 15 is 0 Å². The molecular weight excluding hydrogens is 190 g/mol. The van der Waals surface area contributed by atoms with E-state index < -0.39 is 23.8 Å². The second kappa shape index (κ2) is 3.53. The predicted molar refractivity (Wildman–Crippen MR) is 48.6 cm³/mol. The van der Waals surface area contributed by atoms with E-state index in [1.165, 1.54) is 12.1 Å². The maximum Gasteiger partial charge on any atom is 0.299 e. The summed E-state index contributed by atoms with van der Waals surface area (Å²) in [6, 6.07) is 2.47. The van der Waals surface area contributed by atoms with Crippen LogP contribution in [0.3, 0.4) is 0 Å². The van der Waals surface area contributed by atoms with Gasteiger partial charge in [-0.3, -0.25) is 0 Å². The third-order valence-electron chi connectivity index (χ3n) is 2.20. The van der Waals surface area contributed by atoms with E-state index in [9.17, 15) is 13.9 Å². The van der Waals surface area contributed by atoms with Gasteiger partial charge in [-0.15, -0.1) is 0 Å². The van der Waals surface area contributed by atoms with Gasteiger partial charge in [-0.05, 0) is 37.1 Å². The number of phenolic OH excluding ortho intramolecular Hbond substituents is 1. The van der Waals surface area contributed by atoms with Crippen LogP contribution in [0.2, 0.25) is 0 Å². The number of hydrogen-bond donors (Lipinski definition) is 2. The van der Waals surface area contributed by atoms with Crippen molar-refractivity contribution in [1.29, 1.82) is 0 Å². The highest BCUT2D eigenvalue weighted by Crippen LogP contribution is 2.35. The summed E-state index contributed by atoms with van der Waals surface area (Å²) in [5.41, 5.74) is 0.869. The van der Waals surface area contributed by atoms with Crippen LogP contribution in [0.4, 0.5) is 8.78 Å². The van der Waals surface area contributed by atoms with Crippen molar-refractivity contribution >= 4 is 0 Å². The summed E-state index contributed by atoms with van der Waals surface area (Å²) in [6.45, 7) is 2.09. The molecule has 0 aromatic heterocycles. The molecule has 78 valence electrons. The molecule has 0 atom stereocenters. The van der Waals surface area contributed by atoms with Gasteiger partial charge in [0, 0.05) is 0 Å². The molecular formula is C10H12F2O2. The summed E-state index contributed by atoms with van der Waals surface area (Å²) in [5.74, 6) is -3.87. The number of aliphatic hydroxyl groups excluding tert-OH is 1. The lowest BCUT2D eigenvalue weighted by atomic mass is 10.0. The Balaban J connectivity index is 3.29. The Bertz CT molecular complexity index is 348. The molecule has 0 aliphatic heterocycles. The zero-order chi connectivity index (χ0) is 10.9. The largest absolute Gasteiger partial charge is 0.507 e. The zero-order valence-electron chi connectivity index (χ0n) is 8.01. The molecule has 14 heavy (non-hydrogen) atoms. The lowest BCUT2D eigenvalue weighted by Gasteiger charge is -2.16. The Morgan fingerprint density at radius 3 is 2.21 bits per heavy atom. The minimum Gasteiger partial charge on any atom is -0.507 e. The van der Waals surface area contributed by atoms with Crippen molar-refractivity contribution in [3.05, 3.63) is 28.8 Å². The number of hydrogen-bond acceptors (Lipinski definition) is 2. The molecule has 2 N–H and O–H groups in total. The standard InChI is InChI=1S/C10H12F2O2/c1-6-3-8(10(11,12)5-13)9(14)4-7(6)2/h3-4,13-14H,5H2,1-2H3. The van der Waals surface area contributed by atoms with Crippen LogP contribution in [0.1, 0.15) is 16.7 Å². The first-order valence-electron chi connectivity index (χ1n) is 4.18. The fraction of sp³-hybridized carbons (Fsp3) is 0.400. The Kier molecular flexibility index (Phi) is 2.76. The summed E-state index contributed by atoms with van der Waals surface area (Å²) in [5, 5.41) is 17.8. The molecule has 0 heterocycles. The summed E-state index contributed by atoms with van der Waals surface area (Å²) < 4.78 is 26.1. The van der Waals surface area contributed by atoms with E-state index in [-0.39, 0.29) is 0 Å². The Labute approximate surface area is 80.8 Å². The van der Waals surface area contributed by atoms with Crippen LogP contribution in [0.25, 0.3) is 0 Å². The van der Waals surface area contributed by atoms with Crippen molar-refractivity contribution in [2.45, 2.75) is 19.8 Å². The number of halogens is 2. The number of aryl methyl sites for hydroxylation is 2. The van der Waals surface area contributed by atoms with E-state index in [4.69, 9.17) is 5.11 Å². The van der Waals surface area contributed by atoms with Gasteiger partial charge < -0.3 is 10.2 Å². The maximum atomic E-state index is 13.0. The second-order valence-electron chi connectivity index (χ2n) is 3.32. The molecule has 2 nitrogen and oxygen atoms in total. The molecule has 0 fully saturated rings. The molecule has 0 radical (unpaired) electrons. The van der Waals surface area contributed by atoms with Crippen molar-refractivity contribution in [2.75, 3.05) is 6.61 Å². The lowest BCUT2D eigenvalue weighted by molar-refractivity contribution is -0.0571. The Morgan fingerprint density at radius 1 is 1.21 bits per heavy atom. The summed E-state index contributed by atoms with van der Waals surface area (Å²) >= 11 is 0. The molecule has 0 unspecified atom stereocenters. The van der Waals surface area contributed by atoms with E-state index in [0.717, 1.165) is 5.56 Å². The monoisotopic (exact) mass is 202 g/mol. The number of aliphatic hydroxyl groups is 1. The minimum atomic E-state index is -3.39. The van der Waals surface area contributed by atoms with Crippen LogP contribution in [0, 0.1) is 13.8 Å². The van der Waals surface area contributed by atoms with Crippen molar-refractivity contribution in [3.8, 4) is 5.75 Å². The first-order valence-corrected chi connectivity index (χ1v) is 4.18.